The first-order valence-electron chi connectivity index (χ1n) is 6.23. The fourth-order valence-corrected chi connectivity index (χ4v) is 2.93. The van der Waals surface area contributed by atoms with E-state index in [1.807, 2.05) is 41.0 Å². The quantitative estimate of drug-likeness (QED) is 0.683. The van der Waals surface area contributed by atoms with E-state index in [-0.39, 0.29) is 0 Å². The summed E-state index contributed by atoms with van der Waals surface area (Å²) in [6.45, 7) is 0.451. The Bertz CT molecular complexity index is 783. The molecule has 0 atom stereocenters. The van der Waals surface area contributed by atoms with Gasteiger partial charge >= 0.3 is 0 Å². The number of nitrogens with zero attached hydrogens (tertiary/aromatic N) is 3. The molecule has 0 spiro atoms. The number of pyridine rings is 1. The van der Waals surface area contributed by atoms with Gasteiger partial charge in [0.05, 0.1) is 5.56 Å². The van der Waals surface area contributed by atoms with E-state index in [2.05, 4.69) is 20.9 Å². The third kappa shape index (κ3) is 1.67. The summed E-state index contributed by atoms with van der Waals surface area (Å²) in [6, 6.07) is 12.0. The fraction of sp³-hybridized carbons (Fsp3) is 0.0667. The molecule has 4 rings (SSSR count). The average molecular weight is 328 g/mol. The fourth-order valence-electron chi connectivity index (χ4n) is 2.35. The van der Waals surface area contributed by atoms with E-state index in [9.17, 15) is 0 Å². The molecule has 0 aliphatic carbocycles. The molecule has 0 amide bonds. The molecule has 1 aromatic carbocycles. The van der Waals surface area contributed by atoms with Crippen molar-refractivity contribution in [3.63, 3.8) is 0 Å². The van der Waals surface area contributed by atoms with Crippen LogP contribution in [0.1, 0.15) is 0 Å². The Kier molecular flexibility index (Phi) is 2.60. The van der Waals surface area contributed by atoms with E-state index in [0.29, 0.717) is 6.73 Å². The van der Waals surface area contributed by atoms with E-state index in [1.54, 1.807) is 12.4 Å². The van der Waals surface area contributed by atoms with Gasteiger partial charge in [-0.25, -0.2) is 4.98 Å². The van der Waals surface area contributed by atoms with Crippen LogP contribution in [0.2, 0.25) is 0 Å². The van der Waals surface area contributed by atoms with Crippen molar-refractivity contribution < 1.29 is 4.74 Å². The van der Waals surface area contributed by atoms with Crippen LogP contribution in [0.4, 0.5) is 0 Å². The van der Waals surface area contributed by atoms with Crippen LogP contribution in [0.3, 0.4) is 0 Å². The molecule has 0 radical (unpaired) electrons. The lowest BCUT2D eigenvalue weighted by atomic mass is 10.2. The Hall–Kier alpha value is -2.14. The van der Waals surface area contributed by atoms with E-state index >= 15 is 0 Å². The Morgan fingerprint density at radius 3 is 2.85 bits per heavy atom. The first kappa shape index (κ1) is 11.7. The first-order chi connectivity index (χ1) is 9.84. The number of rotatable bonds is 1. The molecule has 2 aromatic heterocycles. The molecule has 1 aliphatic rings. The van der Waals surface area contributed by atoms with E-state index in [0.717, 1.165) is 33.0 Å². The van der Waals surface area contributed by atoms with Gasteiger partial charge in [0, 0.05) is 18.0 Å². The maximum absolute atomic E-state index is 5.73. The summed E-state index contributed by atoms with van der Waals surface area (Å²) in [6.07, 6.45) is 3.51. The minimum absolute atomic E-state index is 0.451. The number of imidazole rings is 1. The summed E-state index contributed by atoms with van der Waals surface area (Å²) in [5.41, 5.74) is 2.91. The van der Waals surface area contributed by atoms with Gasteiger partial charge in [0.2, 0.25) is 0 Å². The zero-order chi connectivity index (χ0) is 13.5. The summed E-state index contributed by atoms with van der Waals surface area (Å²) < 4.78 is 8.66. The number of hydrogen-bond donors (Lipinski definition) is 0. The average Bonchev–Trinajstić information content (AvgIpc) is 2.86. The summed E-state index contributed by atoms with van der Waals surface area (Å²) >= 11 is 3.63. The molecule has 20 heavy (non-hydrogen) atoms. The highest BCUT2D eigenvalue weighted by Crippen LogP contribution is 2.38. The number of ether oxygens (including phenoxy) is 1. The lowest BCUT2D eigenvalue weighted by Gasteiger charge is -2.18. The SMILES string of the molecule is Brc1c(-c2ccccc2)nc2n1COc1ccncc1-2. The van der Waals surface area contributed by atoms with Crippen molar-refractivity contribution >= 4 is 15.9 Å². The molecule has 98 valence electrons. The van der Waals surface area contributed by atoms with Gasteiger partial charge < -0.3 is 4.74 Å². The molecular weight excluding hydrogens is 318 g/mol. The second-order valence-corrected chi connectivity index (χ2v) is 5.27. The zero-order valence-electron chi connectivity index (χ0n) is 10.5. The highest BCUT2D eigenvalue weighted by atomic mass is 79.9. The number of benzene rings is 1. The smallest absolute Gasteiger partial charge is 0.167 e. The van der Waals surface area contributed by atoms with E-state index < -0.39 is 0 Å². The van der Waals surface area contributed by atoms with Crippen molar-refractivity contribution in [1.82, 2.24) is 14.5 Å². The number of aromatic nitrogens is 3. The van der Waals surface area contributed by atoms with Crippen LogP contribution in [0, 0.1) is 0 Å². The molecule has 0 bridgehead atoms. The first-order valence-corrected chi connectivity index (χ1v) is 7.02. The number of hydrogen-bond acceptors (Lipinski definition) is 3. The van der Waals surface area contributed by atoms with Gasteiger partial charge in [0.25, 0.3) is 0 Å². The largest absolute Gasteiger partial charge is 0.472 e. The van der Waals surface area contributed by atoms with Gasteiger partial charge in [-0.05, 0) is 22.0 Å². The van der Waals surface area contributed by atoms with Gasteiger partial charge in [-0.3, -0.25) is 9.55 Å². The van der Waals surface area contributed by atoms with Crippen molar-refractivity contribution in [2.24, 2.45) is 0 Å². The van der Waals surface area contributed by atoms with Crippen molar-refractivity contribution in [2.45, 2.75) is 6.73 Å². The monoisotopic (exact) mass is 327 g/mol. The standard InChI is InChI=1S/C15H10BrN3O/c16-14-13(10-4-2-1-3-5-10)18-15-11-8-17-7-6-12(11)20-9-19(14)15/h1-8H,9H2. The highest BCUT2D eigenvalue weighted by Gasteiger charge is 2.24. The van der Waals surface area contributed by atoms with Crippen LogP contribution in [-0.2, 0) is 6.73 Å². The van der Waals surface area contributed by atoms with Crippen LogP contribution in [0.15, 0.2) is 53.4 Å². The molecular formula is C15H10BrN3O. The second kappa shape index (κ2) is 4.45. The molecule has 0 unspecified atom stereocenters. The van der Waals surface area contributed by atoms with Gasteiger partial charge in [-0.1, -0.05) is 30.3 Å². The molecule has 1 aliphatic heterocycles. The predicted molar refractivity (Wildman–Crippen MR) is 79.2 cm³/mol. The molecule has 4 nitrogen and oxygen atoms in total. The molecule has 0 saturated carbocycles. The van der Waals surface area contributed by atoms with E-state index in [1.165, 1.54) is 0 Å². The van der Waals surface area contributed by atoms with E-state index in [4.69, 9.17) is 9.72 Å². The Morgan fingerprint density at radius 1 is 1.15 bits per heavy atom. The number of fused-ring (bicyclic) bond motifs is 3. The Balaban J connectivity index is 1.94. The van der Waals surface area contributed by atoms with Crippen LogP contribution in [-0.4, -0.2) is 14.5 Å². The topological polar surface area (TPSA) is 39.9 Å². The minimum Gasteiger partial charge on any atom is -0.472 e. The van der Waals surface area contributed by atoms with Crippen LogP contribution >= 0.6 is 15.9 Å². The van der Waals surface area contributed by atoms with Gasteiger partial charge in [-0.15, -0.1) is 0 Å². The third-order valence-corrected chi connectivity index (χ3v) is 4.13. The lowest BCUT2D eigenvalue weighted by Crippen LogP contribution is -2.13. The second-order valence-electron chi connectivity index (χ2n) is 4.51. The van der Waals surface area contributed by atoms with Crippen molar-refractivity contribution in [3.8, 4) is 28.4 Å². The maximum atomic E-state index is 5.73. The molecule has 0 fully saturated rings. The van der Waals surface area contributed by atoms with Crippen LogP contribution in [0.5, 0.6) is 5.75 Å². The van der Waals surface area contributed by atoms with Gasteiger partial charge in [0.1, 0.15) is 21.9 Å². The van der Waals surface area contributed by atoms with Crippen LogP contribution < -0.4 is 4.74 Å². The van der Waals surface area contributed by atoms with Crippen molar-refractivity contribution in [2.75, 3.05) is 0 Å². The molecule has 3 aromatic rings. The normalized spacial score (nSPS) is 12.4. The Morgan fingerprint density at radius 2 is 2.00 bits per heavy atom. The molecule has 3 heterocycles. The predicted octanol–water partition coefficient (Wildman–Crippen LogP) is 3.72. The number of halogens is 1. The summed E-state index contributed by atoms with van der Waals surface area (Å²) in [5, 5.41) is 0. The van der Waals surface area contributed by atoms with Crippen molar-refractivity contribution in [1.29, 1.82) is 0 Å². The Labute approximate surface area is 124 Å². The van der Waals surface area contributed by atoms with Crippen molar-refractivity contribution in [3.05, 3.63) is 53.4 Å². The van der Waals surface area contributed by atoms with Gasteiger partial charge in [0.15, 0.2) is 6.73 Å². The summed E-state index contributed by atoms with van der Waals surface area (Å²) in [4.78, 5) is 8.92. The highest BCUT2D eigenvalue weighted by molar-refractivity contribution is 9.10. The maximum Gasteiger partial charge on any atom is 0.167 e. The zero-order valence-corrected chi connectivity index (χ0v) is 12.0. The molecule has 5 heteroatoms. The summed E-state index contributed by atoms with van der Waals surface area (Å²) in [7, 11) is 0. The lowest BCUT2D eigenvalue weighted by molar-refractivity contribution is 0.227. The summed E-state index contributed by atoms with van der Waals surface area (Å²) in [5.74, 6) is 1.70. The molecule has 0 N–H and O–H groups in total. The minimum atomic E-state index is 0.451. The molecule has 0 saturated heterocycles. The van der Waals surface area contributed by atoms with Gasteiger partial charge in [-0.2, -0.15) is 0 Å². The third-order valence-electron chi connectivity index (χ3n) is 3.32. The van der Waals surface area contributed by atoms with Crippen LogP contribution in [0.25, 0.3) is 22.6 Å².